The van der Waals surface area contributed by atoms with Gasteiger partial charge in [-0.25, -0.2) is 0 Å². The number of hydrogen-bond donors (Lipinski definition) is 0. The van der Waals surface area contributed by atoms with Crippen LogP contribution in [0.4, 0.5) is 0 Å². The maximum atomic E-state index is 12.0. The Labute approximate surface area is 89.7 Å². The Bertz CT molecular complexity index is 356. The molecule has 0 N–H and O–H groups in total. The lowest BCUT2D eigenvalue weighted by Crippen LogP contribution is -2.27. The molecule has 1 aliphatic rings. The third-order valence-electron chi connectivity index (χ3n) is 2.67. The summed E-state index contributed by atoms with van der Waals surface area (Å²) in [5.41, 5.74) is 0.606. The van der Waals surface area contributed by atoms with E-state index >= 15 is 0 Å². The van der Waals surface area contributed by atoms with Crippen LogP contribution >= 0.6 is 0 Å². The average molecular weight is 204 g/mol. The van der Waals surface area contributed by atoms with Gasteiger partial charge in [-0.05, 0) is 25.0 Å². The Balaban J connectivity index is 2.24. The summed E-state index contributed by atoms with van der Waals surface area (Å²) in [6.45, 7) is 1.70. The number of nitrogens with zero attached hydrogens (tertiary/aromatic N) is 1. The molecule has 1 fully saturated rings. The number of rotatable bonds is 2. The average Bonchev–Trinajstić information content (AvgIpc) is 2.81. The van der Waals surface area contributed by atoms with Gasteiger partial charge >= 0.3 is 0 Å². The van der Waals surface area contributed by atoms with Crippen LogP contribution in [0.5, 0.6) is 5.75 Å². The Morgan fingerprint density at radius 2 is 1.93 bits per heavy atom. The summed E-state index contributed by atoms with van der Waals surface area (Å²) < 4.78 is 4.93. The monoisotopic (exact) mass is 204 g/mol. The highest BCUT2D eigenvalue weighted by atomic mass is 16.5. The Hall–Kier alpha value is -1.51. The lowest BCUT2D eigenvalue weighted by atomic mass is 10.2. The molecule has 1 radical (unpaired) electrons. The third kappa shape index (κ3) is 1.96. The Morgan fingerprint density at radius 1 is 1.27 bits per heavy atom. The van der Waals surface area contributed by atoms with Gasteiger partial charge in [0.25, 0.3) is 5.91 Å². The molecular weight excluding hydrogens is 190 g/mol. The first-order chi connectivity index (χ1) is 7.33. The first-order valence-corrected chi connectivity index (χ1v) is 5.13. The van der Waals surface area contributed by atoms with Crippen molar-refractivity contribution in [1.82, 2.24) is 4.90 Å². The molecule has 1 aromatic rings. The van der Waals surface area contributed by atoms with Crippen LogP contribution in [0.2, 0.25) is 0 Å². The fourth-order valence-corrected chi connectivity index (χ4v) is 1.86. The lowest BCUT2D eigenvalue weighted by molar-refractivity contribution is 0.0790. The van der Waals surface area contributed by atoms with Crippen LogP contribution in [-0.2, 0) is 0 Å². The first kappa shape index (κ1) is 10.0. The zero-order chi connectivity index (χ0) is 10.7. The van der Waals surface area contributed by atoms with Gasteiger partial charge in [-0.15, -0.1) is 0 Å². The van der Waals surface area contributed by atoms with Gasteiger partial charge < -0.3 is 9.64 Å². The van der Waals surface area contributed by atoms with Crippen LogP contribution < -0.4 is 4.74 Å². The molecular formula is C12H14NO2. The van der Waals surface area contributed by atoms with Crippen LogP contribution in [0, 0.1) is 7.11 Å². The normalized spacial score (nSPS) is 15.4. The molecule has 3 nitrogen and oxygen atoms in total. The van der Waals surface area contributed by atoms with Gasteiger partial charge in [0, 0.05) is 13.1 Å². The second-order valence-corrected chi connectivity index (χ2v) is 3.64. The van der Waals surface area contributed by atoms with E-state index in [1.54, 1.807) is 12.1 Å². The van der Waals surface area contributed by atoms with E-state index in [0.29, 0.717) is 11.3 Å². The molecule has 0 saturated carbocycles. The number of para-hydroxylation sites is 1. The molecule has 1 saturated heterocycles. The number of hydrogen-bond acceptors (Lipinski definition) is 2. The van der Waals surface area contributed by atoms with Crippen molar-refractivity contribution in [3.8, 4) is 5.75 Å². The molecule has 0 bridgehead atoms. The highest BCUT2D eigenvalue weighted by Gasteiger charge is 2.21. The molecule has 1 aliphatic heterocycles. The van der Waals surface area contributed by atoms with Crippen molar-refractivity contribution in [2.75, 3.05) is 13.1 Å². The highest BCUT2D eigenvalue weighted by Crippen LogP contribution is 2.21. The SMILES string of the molecule is [CH2]Oc1ccccc1C(=O)N1CCCC1. The molecule has 1 aromatic carbocycles. The number of benzene rings is 1. The minimum atomic E-state index is 0.0479. The van der Waals surface area contributed by atoms with Crippen LogP contribution in [0.25, 0.3) is 0 Å². The Kier molecular flexibility index (Phi) is 2.90. The van der Waals surface area contributed by atoms with Crippen molar-refractivity contribution in [1.29, 1.82) is 0 Å². The maximum Gasteiger partial charge on any atom is 0.257 e. The molecule has 0 unspecified atom stereocenters. The van der Waals surface area contributed by atoms with E-state index in [4.69, 9.17) is 4.74 Å². The molecule has 1 heterocycles. The zero-order valence-electron chi connectivity index (χ0n) is 8.61. The van der Waals surface area contributed by atoms with Gasteiger partial charge in [0.2, 0.25) is 0 Å². The number of ether oxygens (including phenoxy) is 1. The van der Waals surface area contributed by atoms with E-state index in [1.165, 1.54) is 0 Å². The summed E-state index contributed by atoms with van der Waals surface area (Å²) in [7, 11) is 3.35. The zero-order valence-corrected chi connectivity index (χ0v) is 8.61. The third-order valence-corrected chi connectivity index (χ3v) is 2.67. The molecule has 2 rings (SSSR count). The highest BCUT2D eigenvalue weighted by molar-refractivity contribution is 5.97. The molecule has 0 atom stereocenters. The van der Waals surface area contributed by atoms with Gasteiger partial charge in [0.15, 0.2) is 0 Å². The van der Waals surface area contributed by atoms with Gasteiger partial charge in [-0.3, -0.25) is 4.79 Å². The second-order valence-electron chi connectivity index (χ2n) is 3.64. The number of carbonyl (C=O) groups excluding carboxylic acids is 1. The molecule has 3 heteroatoms. The summed E-state index contributed by atoms with van der Waals surface area (Å²) in [4.78, 5) is 13.9. The number of likely N-dealkylation sites (tertiary alicyclic amines) is 1. The number of carbonyl (C=O) groups is 1. The maximum absolute atomic E-state index is 12.0. The minimum absolute atomic E-state index is 0.0479. The van der Waals surface area contributed by atoms with Crippen LogP contribution in [-0.4, -0.2) is 23.9 Å². The predicted molar refractivity (Wildman–Crippen MR) is 57.6 cm³/mol. The predicted octanol–water partition coefficient (Wildman–Crippen LogP) is 2.09. The van der Waals surface area contributed by atoms with Crippen molar-refractivity contribution >= 4 is 5.91 Å². The Morgan fingerprint density at radius 3 is 2.60 bits per heavy atom. The van der Waals surface area contributed by atoms with Crippen molar-refractivity contribution < 1.29 is 9.53 Å². The molecule has 0 spiro atoms. The van der Waals surface area contributed by atoms with E-state index in [9.17, 15) is 4.79 Å². The molecule has 1 amide bonds. The quantitative estimate of drug-likeness (QED) is 0.738. The smallest absolute Gasteiger partial charge is 0.257 e. The summed E-state index contributed by atoms with van der Waals surface area (Å²) in [6.07, 6.45) is 2.19. The van der Waals surface area contributed by atoms with Crippen molar-refractivity contribution in [3.05, 3.63) is 36.9 Å². The van der Waals surface area contributed by atoms with E-state index < -0.39 is 0 Å². The van der Waals surface area contributed by atoms with E-state index in [-0.39, 0.29) is 5.91 Å². The fraction of sp³-hybridized carbons (Fsp3) is 0.333. The van der Waals surface area contributed by atoms with Crippen LogP contribution in [0.1, 0.15) is 23.2 Å². The van der Waals surface area contributed by atoms with E-state index in [2.05, 4.69) is 7.11 Å². The summed E-state index contributed by atoms with van der Waals surface area (Å²) in [5.74, 6) is 0.598. The molecule has 15 heavy (non-hydrogen) atoms. The summed E-state index contributed by atoms with van der Waals surface area (Å²) in [5, 5.41) is 0. The summed E-state index contributed by atoms with van der Waals surface area (Å²) >= 11 is 0. The van der Waals surface area contributed by atoms with Gasteiger partial charge in [0.05, 0.1) is 5.56 Å². The van der Waals surface area contributed by atoms with Gasteiger partial charge in [-0.1, -0.05) is 12.1 Å². The minimum Gasteiger partial charge on any atom is -0.489 e. The van der Waals surface area contributed by atoms with E-state index in [0.717, 1.165) is 25.9 Å². The standard InChI is InChI=1S/C12H14NO2/c1-15-11-7-3-2-6-10(11)12(14)13-8-4-5-9-13/h2-3,6-7H,1,4-5,8-9H2. The van der Waals surface area contributed by atoms with Crippen molar-refractivity contribution in [2.24, 2.45) is 0 Å². The molecule has 0 aliphatic carbocycles. The van der Waals surface area contributed by atoms with E-state index in [1.807, 2.05) is 17.0 Å². The fourth-order valence-electron chi connectivity index (χ4n) is 1.86. The van der Waals surface area contributed by atoms with Crippen LogP contribution in [0.15, 0.2) is 24.3 Å². The van der Waals surface area contributed by atoms with Crippen molar-refractivity contribution in [2.45, 2.75) is 12.8 Å². The number of amides is 1. The van der Waals surface area contributed by atoms with Gasteiger partial charge in [0.1, 0.15) is 12.9 Å². The second kappa shape index (κ2) is 4.34. The van der Waals surface area contributed by atoms with Gasteiger partial charge in [-0.2, -0.15) is 0 Å². The van der Waals surface area contributed by atoms with Crippen molar-refractivity contribution in [3.63, 3.8) is 0 Å². The topological polar surface area (TPSA) is 29.5 Å². The largest absolute Gasteiger partial charge is 0.489 e. The lowest BCUT2D eigenvalue weighted by Gasteiger charge is -2.16. The molecule has 79 valence electrons. The molecule has 0 aromatic heterocycles. The first-order valence-electron chi connectivity index (χ1n) is 5.13. The van der Waals surface area contributed by atoms with Crippen LogP contribution in [0.3, 0.4) is 0 Å². The summed E-state index contributed by atoms with van der Waals surface area (Å²) in [6, 6.07) is 7.21.